The third kappa shape index (κ3) is 82.7. The topological polar surface area (TPSA) is 0 Å². The zero-order valence-corrected chi connectivity index (χ0v) is 20.8. The monoisotopic (exact) mass is 588 g/mol. The molecule has 0 spiro atoms. The fraction of sp³-hybridized carbons (Fsp3) is 0.667. The highest BCUT2D eigenvalue weighted by molar-refractivity contribution is 6.83. The van der Waals surface area contributed by atoms with Gasteiger partial charge in [-0.15, -0.1) is 54.5 Å². The molecule has 0 aliphatic rings. The minimum absolute atomic E-state index is 0. The largest absolute Gasteiger partial charge is 0.390 e. The van der Waals surface area contributed by atoms with Crippen LogP contribution in [0.1, 0.15) is 13.3 Å². The van der Waals surface area contributed by atoms with Crippen LogP contribution in [-0.2, 0) is 0 Å². The van der Waals surface area contributed by atoms with Crippen molar-refractivity contribution >= 4 is 116 Å². The van der Waals surface area contributed by atoms with Crippen LogP contribution in [0.25, 0.3) is 0 Å². The summed E-state index contributed by atoms with van der Waals surface area (Å²) in [5.74, 6) is -0.207. The van der Waals surface area contributed by atoms with E-state index in [1.807, 2.05) is 6.92 Å². The number of rotatable bonds is 2. The highest BCUT2D eigenvalue weighted by Crippen LogP contribution is 2.34. The first-order valence-electron chi connectivity index (χ1n) is 5.68. The lowest BCUT2D eigenvalue weighted by Crippen LogP contribution is -2.20. The van der Waals surface area contributed by atoms with Crippen LogP contribution in [0.2, 0.25) is 0 Å². The molecule has 0 radical (unpaired) electrons. The van der Waals surface area contributed by atoms with E-state index in [1.165, 1.54) is 0 Å². The minimum atomic E-state index is -4.08. The molecule has 0 bridgehead atoms. The van der Waals surface area contributed by atoms with Gasteiger partial charge < -0.3 is 0 Å². The molecule has 26 heavy (non-hydrogen) atoms. The zero-order valence-electron chi connectivity index (χ0n) is 13.2. The van der Waals surface area contributed by atoms with Gasteiger partial charge in [-0.1, -0.05) is 87.3 Å². The van der Waals surface area contributed by atoms with Crippen LogP contribution in [0.15, 0.2) is 25.8 Å². The maximum absolute atomic E-state index is 11.0. The molecule has 0 aromatic heterocycles. The van der Waals surface area contributed by atoms with Crippen molar-refractivity contribution in [2.45, 2.75) is 31.9 Å². The van der Waals surface area contributed by atoms with Crippen molar-refractivity contribution in [2.75, 3.05) is 11.8 Å². The van der Waals surface area contributed by atoms with E-state index in [0.717, 1.165) is 0 Å². The Hall–Kier alpha value is 2.10. The highest BCUT2D eigenvalue weighted by atomic mass is 35.6. The Morgan fingerprint density at radius 3 is 1.15 bits per heavy atom. The predicted octanol–water partition coefficient (Wildman–Crippen LogP) is 10.1. The molecule has 14 heteroatoms. The Labute approximate surface area is 202 Å². The summed E-state index contributed by atoms with van der Waals surface area (Å²) in [5, 5.41) is -0.617. The molecule has 0 amide bonds. The number of hydrogen-bond donors (Lipinski definition) is 0. The van der Waals surface area contributed by atoms with Crippen molar-refractivity contribution in [3.63, 3.8) is 0 Å². The maximum Gasteiger partial charge on any atom is 0.390 e. The van der Waals surface area contributed by atoms with Crippen molar-refractivity contribution in [1.82, 2.24) is 0 Å². The van der Waals surface area contributed by atoms with Crippen LogP contribution in [0, 0.1) is 0 Å². The summed E-state index contributed by atoms with van der Waals surface area (Å²) in [6.45, 7) is 11.2. The third-order valence-electron chi connectivity index (χ3n) is 0.869. The van der Waals surface area contributed by atoms with Gasteiger partial charge in [0.2, 0.25) is 3.79 Å². The molecule has 0 saturated heterocycles. The van der Waals surface area contributed by atoms with Gasteiger partial charge in [-0.05, 0) is 6.92 Å². The van der Waals surface area contributed by atoms with Crippen LogP contribution >= 0.6 is 116 Å². The Morgan fingerprint density at radius 1 is 0.923 bits per heavy atom. The summed E-state index contributed by atoms with van der Waals surface area (Å²) in [4.78, 5) is 0. The number of allylic oxidation sites excluding steroid dienone is 1. The summed E-state index contributed by atoms with van der Waals surface area (Å²) in [6, 6.07) is 0. The van der Waals surface area contributed by atoms with Gasteiger partial charge in [-0.2, -0.15) is 13.2 Å². The molecule has 164 valence electrons. The number of hydrogen-bond acceptors (Lipinski definition) is 0. The second kappa shape index (κ2) is 25.1. The van der Waals surface area contributed by atoms with E-state index in [0.29, 0.717) is 0 Å². The van der Waals surface area contributed by atoms with Gasteiger partial charge in [0.1, 0.15) is 0 Å². The average Bonchev–Trinajstić information content (AvgIpc) is 2.37. The lowest BCUT2D eigenvalue weighted by atomic mass is 10.5. The van der Waals surface area contributed by atoms with Crippen molar-refractivity contribution in [3.05, 3.63) is 25.8 Å². The fourth-order valence-corrected chi connectivity index (χ4v) is 1.11. The Bertz CT molecular complexity index is 271. The molecule has 0 fully saturated rings. The van der Waals surface area contributed by atoms with E-state index in [-0.39, 0.29) is 16.5 Å². The Kier molecular flexibility index (Phi) is 40.9. The first kappa shape index (κ1) is 42.3. The molecule has 0 nitrogen and oxygen atoms in total. The number of halogens is 14. The van der Waals surface area contributed by atoms with Gasteiger partial charge >= 0.3 is 6.18 Å². The summed E-state index contributed by atoms with van der Waals surface area (Å²) >= 11 is 50.6. The van der Waals surface area contributed by atoms with Crippen molar-refractivity contribution in [2.24, 2.45) is 0 Å². The summed E-state index contributed by atoms with van der Waals surface area (Å²) < 4.78 is 29.9. The second-order valence-corrected chi connectivity index (χ2v) is 10.1. The van der Waals surface area contributed by atoms with E-state index in [1.54, 1.807) is 6.08 Å². The van der Waals surface area contributed by atoms with Gasteiger partial charge in [-0.3, -0.25) is 4.70 Å². The van der Waals surface area contributed by atoms with E-state index in [4.69, 9.17) is 116 Å². The average molecular weight is 593 g/mol. The maximum atomic E-state index is 11.0. The standard InChI is InChI=1S/C3H3Cl5.C3H4ClF3.C3H6.C2H4.CCl4.FH/c4-1-2(5)3(6,7)8;4-2-1-3(5,6)7;1-3-2;1-2;2-1(3,4)5;/h2H,1H2;1-2H2;3H,1H2,2H3;1-2H2;;1H. The minimum Gasteiger partial charge on any atom is -0.269 e. The van der Waals surface area contributed by atoms with Crippen LogP contribution in [0.5, 0.6) is 0 Å². The third-order valence-corrected chi connectivity index (χ3v) is 3.13. The first-order valence-corrected chi connectivity index (χ1v) is 9.83. The van der Waals surface area contributed by atoms with Gasteiger partial charge in [0.05, 0.1) is 11.8 Å². The Morgan fingerprint density at radius 2 is 1.15 bits per heavy atom. The zero-order chi connectivity index (χ0) is 21.9. The molecule has 1 unspecified atom stereocenters. The van der Waals surface area contributed by atoms with Gasteiger partial charge in [0, 0.05) is 11.8 Å². The van der Waals surface area contributed by atoms with E-state index in [2.05, 4.69) is 19.7 Å². The van der Waals surface area contributed by atoms with E-state index >= 15 is 0 Å². The molecule has 0 aliphatic heterocycles. The van der Waals surface area contributed by atoms with E-state index < -0.39 is 25.0 Å². The highest BCUT2D eigenvalue weighted by Gasteiger charge is 2.29. The molecule has 1 atom stereocenters. The molecule has 0 N–H and O–H groups in total. The Balaban J connectivity index is -0.0000000512. The fourth-order valence-electron chi connectivity index (χ4n) is 0.195. The lowest BCUT2D eigenvalue weighted by Gasteiger charge is -2.13. The summed E-state index contributed by atoms with van der Waals surface area (Å²) in [7, 11) is 0. The van der Waals surface area contributed by atoms with E-state index in [9.17, 15) is 13.2 Å². The van der Waals surface area contributed by atoms with Crippen LogP contribution in [0.4, 0.5) is 17.9 Å². The lowest BCUT2D eigenvalue weighted by molar-refractivity contribution is -0.129. The summed E-state index contributed by atoms with van der Waals surface area (Å²) in [6.07, 6.45) is -3.23. The van der Waals surface area contributed by atoms with Crippen LogP contribution < -0.4 is 0 Å². The molecule has 0 rings (SSSR count). The molecule has 0 saturated carbocycles. The molecule has 0 aromatic rings. The summed E-state index contributed by atoms with van der Waals surface area (Å²) in [5.41, 5.74) is 0. The quantitative estimate of drug-likeness (QED) is 0.170. The van der Waals surface area contributed by atoms with Gasteiger partial charge in [-0.25, -0.2) is 0 Å². The first-order chi connectivity index (χ1) is 11.0. The molecule has 0 heterocycles. The molecule has 0 aromatic carbocycles. The SMILES string of the molecule is C=C.C=CC.ClC(Cl)(Cl)Cl.ClCC(Cl)C(Cl)(Cl)Cl.F.FC(F)(F)CCCl. The second-order valence-electron chi connectivity index (χ2n) is 3.05. The van der Waals surface area contributed by atoms with Crippen LogP contribution in [-0.4, -0.2) is 30.4 Å². The number of alkyl halides is 13. The molecular formula is C12H18Cl10F4. The predicted molar refractivity (Wildman–Crippen MR) is 118 cm³/mol. The van der Waals surface area contributed by atoms with Crippen molar-refractivity contribution in [1.29, 1.82) is 0 Å². The smallest absolute Gasteiger partial charge is 0.269 e. The van der Waals surface area contributed by atoms with Gasteiger partial charge in [0.25, 0.3) is 3.25 Å². The molecular weight excluding hydrogens is 575 g/mol. The normalized spacial score (nSPS) is 11.2. The van der Waals surface area contributed by atoms with Crippen molar-refractivity contribution < 1.29 is 17.9 Å². The molecule has 0 aliphatic carbocycles. The van der Waals surface area contributed by atoms with Crippen LogP contribution in [0.3, 0.4) is 0 Å². The van der Waals surface area contributed by atoms with Crippen molar-refractivity contribution in [3.8, 4) is 0 Å². The van der Waals surface area contributed by atoms with Gasteiger partial charge in [0.15, 0.2) is 0 Å².